The van der Waals surface area contributed by atoms with Crippen molar-refractivity contribution in [3.63, 3.8) is 0 Å². The molecular formula is C10H18N4O2S. The Kier molecular flexibility index (Phi) is 5.14. The number of amides is 1. The molecule has 17 heavy (non-hydrogen) atoms. The van der Waals surface area contributed by atoms with Gasteiger partial charge in [-0.25, -0.2) is 0 Å². The fourth-order valence-electron chi connectivity index (χ4n) is 1.39. The number of carbonyl (C=O) groups is 1. The number of nitrogens with zero attached hydrogens (tertiary/aromatic N) is 1. The molecule has 0 saturated heterocycles. The average Bonchev–Trinajstić information content (AvgIpc) is 2.65. The van der Waals surface area contributed by atoms with Crippen LogP contribution in [0.5, 0.6) is 0 Å². The Labute approximate surface area is 103 Å². The van der Waals surface area contributed by atoms with Crippen molar-refractivity contribution in [1.29, 1.82) is 0 Å². The predicted octanol–water partition coefficient (Wildman–Crippen LogP) is 0.0527. The molecule has 1 aromatic heterocycles. The number of aryl methyl sites for hydroxylation is 1. The molecule has 0 aromatic carbocycles. The molecule has 1 atom stereocenters. The van der Waals surface area contributed by atoms with E-state index in [0.29, 0.717) is 30.8 Å². The molecule has 1 aromatic rings. The van der Waals surface area contributed by atoms with Gasteiger partial charge in [0.05, 0.1) is 11.4 Å². The third-order valence-corrected chi connectivity index (χ3v) is 3.21. The molecule has 4 N–H and O–H groups in total. The predicted molar refractivity (Wildman–Crippen MR) is 68.3 cm³/mol. The lowest BCUT2D eigenvalue weighted by Crippen LogP contribution is -2.26. The van der Waals surface area contributed by atoms with Gasteiger partial charge in [0.1, 0.15) is 0 Å². The number of rotatable bonds is 6. The van der Waals surface area contributed by atoms with Gasteiger partial charge in [-0.1, -0.05) is 6.92 Å². The van der Waals surface area contributed by atoms with Crippen molar-refractivity contribution < 1.29 is 9.00 Å². The van der Waals surface area contributed by atoms with Gasteiger partial charge in [-0.2, -0.15) is 5.10 Å². The van der Waals surface area contributed by atoms with Crippen LogP contribution in [-0.2, 0) is 17.2 Å². The molecule has 1 amide bonds. The highest BCUT2D eigenvalue weighted by molar-refractivity contribution is 7.84. The summed E-state index contributed by atoms with van der Waals surface area (Å²) in [6, 6.07) is 0. The Morgan fingerprint density at radius 2 is 2.29 bits per heavy atom. The van der Waals surface area contributed by atoms with E-state index in [-0.39, 0.29) is 11.6 Å². The Bertz CT molecular complexity index is 416. The van der Waals surface area contributed by atoms with Gasteiger partial charge in [0.2, 0.25) is 0 Å². The highest BCUT2D eigenvalue weighted by Gasteiger charge is 2.15. The summed E-state index contributed by atoms with van der Waals surface area (Å²) in [4.78, 5) is 11.7. The number of hydrogen-bond donors (Lipinski definition) is 3. The van der Waals surface area contributed by atoms with Crippen LogP contribution in [0.4, 0.5) is 5.69 Å². The van der Waals surface area contributed by atoms with Gasteiger partial charge >= 0.3 is 0 Å². The van der Waals surface area contributed by atoms with Gasteiger partial charge in [0, 0.05) is 29.4 Å². The zero-order chi connectivity index (χ0) is 12.8. The van der Waals surface area contributed by atoms with E-state index in [2.05, 4.69) is 15.5 Å². The van der Waals surface area contributed by atoms with Crippen LogP contribution in [0.1, 0.15) is 29.5 Å². The first-order valence-corrected chi connectivity index (χ1v) is 7.19. The van der Waals surface area contributed by atoms with E-state index in [1.165, 1.54) is 0 Å². The first-order valence-electron chi connectivity index (χ1n) is 5.47. The van der Waals surface area contributed by atoms with Crippen LogP contribution >= 0.6 is 0 Å². The molecule has 1 rings (SSSR count). The number of anilines is 1. The van der Waals surface area contributed by atoms with Gasteiger partial charge in [-0.3, -0.25) is 14.1 Å². The van der Waals surface area contributed by atoms with Gasteiger partial charge in [0.15, 0.2) is 5.69 Å². The van der Waals surface area contributed by atoms with Crippen molar-refractivity contribution in [1.82, 2.24) is 15.5 Å². The third-order valence-electron chi connectivity index (χ3n) is 2.35. The smallest absolute Gasteiger partial charge is 0.273 e. The van der Waals surface area contributed by atoms with Crippen LogP contribution in [-0.4, -0.2) is 38.9 Å². The second-order valence-electron chi connectivity index (χ2n) is 3.70. The van der Waals surface area contributed by atoms with E-state index < -0.39 is 10.8 Å². The lowest BCUT2D eigenvalue weighted by Gasteiger charge is -2.02. The van der Waals surface area contributed by atoms with Crippen molar-refractivity contribution in [2.24, 2.45) is 0 Å². The molecule has 7 heteroatoms. The number of hydrogen-bond acceptors (Lipinski definition) is 4. The number of aromatic nitrogens is 2. The van der Waals surface area contributed by atoms with Crippen molar-refractivity contribution in [2.45, 2.75) is 19.8 Å². The van der Waals surface area contributed by atoms with E-state index in [9.17, 15) is 9.00 Å². The van der Waals surface area contributed by atoms with E-state index >= 15 is 0 Å². The topological polar surface area (TPSA) is 101 Å². The maximum absolute atomic E-state index is 11.7. The van der Waals surface area contributed by atoms with Crippen LogP contribution in [0.15, 0.2) is 0 Å². The number of aromatic amines is 1. The number of nitrogens with one attached hydrogen (secondary N) is 2. The maximum Gasteiger partial charge on any atom is 0.273 e. The van der Waals surface area contributed by atoms with Crippen molar-refractivity contribution in [3.8, 4) is 0 Å². The second-order valence-corrected chi connectivity index (χ2v) is 5.26. The Morgan fingerprint density at radius 1 is 1.59 bits per heavy atom. The summed E-state index contributed by atoms with van der Waals surface area (Å²) in [7, 11) is -0.824. The van der Waals surface area contributed by atoms with Crippen LogP contribution in [0.3, 0.4) is 0 Å². The molecule has 0 spiro atoms. The van der Waals surface area contributed by atoms with E-state index in [4.69, 9.17) is 5.73 Å². The normalized spacial score (nSPS) is 12.4. The summed E-state index contributed by atoms with van der Waals surface area (Å²) in [5.74, 6) is 0.289. The van der Waals surface area contributed by atoms with Crippen molar-refractivity contribution in [3.05, 3.63) is 11.4 Å². The summed E-state index contributed by atoms with van der Waals surface area (Å²) in [6.45, 7) is 2.41. The summed E-state index contributed by atoms with van der Waals surface area (Å²) in [5, 5.41) is 9.30. The zero-order valence-corrected chi connectivity index (χ0v) is 10.9. The first-order chi connectivity index (χ1) is 8.06. The SMILES string of the molecule is CCc1[nH]nc(C(=O)NCCCS(C)=O)c1N. The van der Waals surface area contributed by atoms with Crippen LogP contribution in [0.2, 0.25) is 0 Å². The average molecular weight is 258 g/mol. The highest BCUT2D eigenvalue weighted by atomic mass is 32.2. The number of nitrogen functional groups attached to an aromatic ring is 1. The number of H-pyrrole nitrogens is 1. The van der Waals surface area contributed by atoms with E-state index in [0.717, 1.165) is 5.69 Å². The van der Waals surface area contributed by atoms with Crippen LogP contribution in [0.25, 0.3) is 0 Å². The molecule has 1 heterocycles. The quantitative estimate of drug-likeness (QED) is 0.628. The molecule has 0 saturated carbocycles. The largest absolute Gasteiger partial charge is 0.395 e. The Balaban J connectivity index is 2.47. The third kappa shape index (κ3) is 3.85. The van der Waals surface area contributed by atoms with Crippen molar-refractivity contribution >= 4 is 22.4 Å². The minimum atomic E-state index is -0.824. The number of carbonyl (C=O) groups excluding carboxylic acids is 1. The van der Waals surface area contributed by atoms with Crippen molar-refractivity contribution in [2.75, 3.05) is 24.3 Å². The Hall–Kier alpha value is -1.37. The summed E-state index contributed by atoms with van der Waals surface area (Å²) < 4.78 is 10.8. The lowest BCUT2D eigenvalue weighted by atomic mass is 10.2. The standard InChI is InChI=1S/C10H18N4O2S/c1-3-7-8(11)9(14-13-7)10(15)12-5-4-6-17(2)16/h3-6,11H2,1-2H3,(H,12,15)(H,13,14). The maximum atomic E-state index is 11.7. The molecular weight excluding hydrogens is 240 g/mol. The van der Waals surface area contributed by atoms with Gasteiger partial charge in [-0.15, -0.1) is 0 Å². The second kappa shape index (κ2) is 6.39. The minimum Gasteiger partial charge on any atom is -0.395 e. The Morgan fingerprint density at radius 3 is 2.82 bits per heavy atom. The first kappa shape index (κ1) is 13.7. The fraction of sp³-hybridized carbons (Fsp3) is 0.600. The summed E-state index contributed by atoms with van der Waals surface area (Å²) in [6.07, 6.45) is 3.03. The van der Waals surface area contributed by atoms with Gasteiger partial charge in [0.25, 0.3) is 5.91 Å². The lowest BCUT2D eigenvalue weighted by molar-refractivity contribution is 0.0949. The highest BCUT2D eigenvalue weighted by Crippen LogP contribution is 2.13. The zero-order valence-electron chi connectivity index (χ0n) is 10.1. The molecule has 0 aliphatic carbocycles. The van der Waals surface area contributed by atoms with Crippen LogP contribution < -0.4 is 11.1 Å². The molecule has 0 aliphatic rings. The van der Waals surface area contributed by atoms with E-state index in [1.54, 1.807) is 6.26 Å². The molecule has 0 aliphatic heterocycles. The van der Waals surface area contributed by atoms with E-state index in [1.807, 2.05) is 6.92 Å². The number of nitrogens with two attached hydrogens (primary N) is 1. The molecule has 0 radical (unpaired) electrons. The molecule has 1 unspecified atom stereocenters. The van der Waals surface area contributed by atoms with Gasteiger partial charge < -0.3 is 11.1 Å². The molecule has 0 bridgehead atoms. The monoisotopic (exact) mass is 258 g/mol. The molecule has 0 fully saturated rings. The molecule has 96 valence electrons. The summed E-state index contributed by atoms with van der Waals surface area (Å²) in [5.41, 5.74) is 7.17. The molecule has 6 nitrogen and oxygen atoms in total. The van der Waals surface area contributed by atoms with Gasteiger partial charge in [-0.05, 0) is 12.8 Å². The minimum absolute atomic E-state index is 0.236. The van der Waals surface area contributed by atoms with Crippen LogP contribution in [0, 0.1) is 0 Å². The fourth-order valence-corrected chi connectivity index (χ4v) is 1.94. The summed E-state index contributed by atoms with van der Waals surface area (Å²) >= 11 is 0.